The van der Waals surface area contributed by atoms with Crippen molar-refractivity contribution < 1.29 is 4.79 Å². The lowest BCUT2D eigenvalue weighted by molar-refractivity contribution is 0.0943. The van der Waals surface area contributed by atoms with Gasteiger partial charge in [-0.15, -0.1) is 11.3 Å². The second-order valence-corrected chi connectivity index (χ2v) is 5.85. The van der Waals surface area contributed by atoms with Gasteiger partial charge in [-0.2, -0.15) is 0 Å². The molecular formula is C11H11ClN2OS. The Bertz CT molecular complexity index is 568. The predicted molar refractivity (Wildman–Crippen MR) is 66.3 cm³/mol. The average molecular weight is 255 g/mol. The molecule has 0 spiro atoms. The zero-order valence-corrected chi connectivity index (χ0v) is 10.4. The summed E-state index contributed by atoms with van der Waals surface area (Å²) < 4.78 is 3.72. The first kappa shape index (κ1) is 10.2. The van der Waals surface area contributed by atoms with Crippen LogP contribution in [0.4, 0.5) is 0 Å². The summed E-state index contributed by atoms with van der Waals surface area (Å²) in [5, 5.41) is 2.99. The lowest BCUT2D eigenvalue weighted by atomic mass is 10.4. The van der Waals surface area contributed by atoms with Crippen LogP contribution in [0.3, 0.4) is 0 Å². The van der Waals surface area contributed by atoms with Crippen molar-refractivity contribution in [3.8, 4) is 0 Å². The number of nitrogens with one attached hydrogen (secondary N) is 1. The van der Waals surface area contributed by atoms with Crippen molar-refractivity contribution in [3.05, 3.63) is 22.2 Å². The third-order valence-electron chi connectivity index (χ3n) is 2.85. The molecule has 1 saturated carbocycles. The van der Waals surface area contributed by atoms with E-state index in [0.717, 1.165) is 27.4 Å². The highest BCUT2D eigenvalue weighted by atomic mass is 35.5. The number of carbonyl (C=O) groups excluding carboxylic acids is 1. The van der Waals surface area contributed by atoms with Crippen molar-refractivity contribution in [2.45, 2.75) is 18.9 Å². The number of thiophene rings is 1. The van der Waals surface area contributed by atoms with Crippen LogP contribution in [0.15, 0.2) is 12.1 Å². The maximum absolute atomic E-state index is 11.9. The van der Waals surface area contributed by atoms with Crippen LogP contribution in [-0.4, -0.2) is 16.5 Å². The van der Waals surface area contributed by atoms with Gasteiger partial charge in [-0.05, 0) is 25.0 Å². The molecule has 1 aliphatic rings. The zero-order valence-electron chi connectivity index (χ0n) is 8.79. The molecule has 0 atom stereocenters. The van der Waals surface area contributed by atoms with Crippen molar-refractivity contribution in [2.75, 3.05) is 0 Å². The predicted octanol–water partition coefficient (Wildman–Crippen LogP) is 2.79. The molecule has 2 aromatic heterocycles. The van der Waals surface area contributed by atoms with Gasteiger partial charge in [0.05, 0.1) is 14.6 Å². The van der Waals surface area contributed by atoms with Gasteiger partial charge in [-0.25, -0.2) is 0 Å². The van der Waals surface area contributed by atoms with Crippen molar-refractivity contribution >= 4 is 39.1 Å². The molecule has 2 aromatic rings. The summed E-state index contributed by atoms with van der Waals surface area (Å²) in [6.45, 7) is 0. The van der Waals surface area contributed by atoms with Crippen molar-refractivity contribution in [1.82, 2.24) is 9.88 Å². The molecule has 0 unspecified atom stereocenters. The maximum Gasteiger partial charge on any atom is 0.268 e. The van der Waals surface area contributed by atoms with Gasteiger partial charge >= 0.3 is 0 Å². The summed E-state index contributed by atoms with van der Waals surface area (Å²) in [4.78, 5) is 11.9. The van der Waals surface area contributed by atoms with Gasteiger partial charge < -0.3 is 9.88 Å². The fraction of sp³-hybridized carbons (Fsp3) is 0.364. The highest BCUT2D eigenvalue weighted by molar-refractivity contribution is 7.22. The fourth-order valence-corrected chi connectivity index (χ4v) is 2.99. The number of aryl methyl sites for hydroxylation is 1. The minimum absolute atomic E-state index is 0.0181. The van der Waals surface area contributed by atoms with E-state index in [-0.39, 0.29) is 5.91 Å². The first-order chi connectivity index (χ1) is 7.65. The van der Waals surface area contributed by atoms with E-state index in [9.17, 15) is 4.79 Å². The van der Waals surface area contributed by atoms with E-state index < -0.39 is 0 Å². The smallest absolute Gasteiger partial charge is 0.268 e. The van der Waals surface area contributed by atoms with Crippen molar-refractivity contribution in [3.63, 3.8) is 0 Å². The number of nitrogens with zero attached hydrogens (tertiary/aromatic N) is 1. The molecule has 5 heteroatoms. The van der Waals surface area contributed by atoms with Gasteiger partial charge in [0.1, 0.15) is 5.69 Å². The number of hydrogen-bond donors (Lipinski definition) is 1. The number of fused-ring (bicyclic) bond motifs is 1. The number of rotatable bonds is 2. The summed E-state index contributed by atoms with van der Waals surface area (Å²) in [6.07, 6.45) is 2.21. The normalized spacial score (nSPS) is 15.6. The minimum Gasteiger partial charge on any atom is -0.348 e. The highest BCUT2D eigenvalue weighted by Crippen LogP contribution is 2.31. The Morgan fingerprint density at radius 3 is 2.94 bits per heavy atom. The Kier molecular flexibility index (Phi) is 2.23. The third kappa shape index (κ3) is 1.62. The van der Waals surface area contributed by atoms with Crippen LogP contribution in [-0.2, 0) is 7.05 Å². The van der Waals surface area contributed by atoms with Crippen LogP contribution < -0.4 is 5.32 Å². The van der Waals surface area contributed by atoms with E-state index in [1.807, 2.05) is 23.7 Å². The van der Waals surface area contributed by atoms with Crippen molar-refractivity contribution in [1.29, 1.82) is 0 Å². The topological polar surface area (TPSA) is 34.0 Å². The summed E-state index contributed by atoms with van der Waals surface area (Å²) in [7, 11) is 1.90. The average Bonchev–Trinajstić information content (AvgIpc) is 2.88. The molecule has 0 aromatic carbocycles. The number of carbonyl (C=O) groups is 1. The Hall–Kier alpha value is -1.00. The van der Waals surface area contributed by atoms with Crippen molar-refractivity contribution in [2.24, 2.45) is 7.05 Å². The molecule has 1 N–H and O–H groups in total. The minimum atomic E-state index is 0.0181. The third-order valence-corrected chi connectivity index (χ3v) is 4.05. The second-order valence-electron chi connectivity index (χ2n) is 4.14. The van der Waals surface area contributed by atoms with E-state index in [0.29, 0.717) is 11.7 Å². The van der Waals surface area contributed by atoms with Gasteiger partial charge in [-0.1, -0.05) is 11.6 Å². The van der Waals surface area contributed by atoms with E-state index in [2.05, 4.69) is 5.32 Å². The van der Waals surface area contributed by atoms with E-state index in [1.54, 1.807) is 0 Å². The lowest BCUT2D eigenvalue weighted by Gasteiger charge is -2.04. The maximum atomic E-state index is 11.9. The molecule has 84 valence electrons. The van der Waals surface area contributed by atoms with Gasteiger partial charge in [-0.3, -0.25) is 4.79 Å². The molecule has 3 nitrogen and oxygen atoms in total. The monoisotopic (exact) mass is 254 g/mol. The fourth-order valence-electron chi connectivity index (χ4n) is 1.79. The molecule has 0 bridgehead atoms. The quantitative estimate of drug-likeness (QED) is 0.879. The Morgan fingerprint density at radius 1 is 1.56 bits per heavy atom. The SMILES string of the molecule is Cn1c(C(=O)NC2CC2)cc2sc(Cl)cc21. The molecule has 16 heavy (non-hydrogen) atoms. The number of halogens is 1. The van der Waals surface area contributed by atoms with Gasteiger partial charge in [0.25, 0.3) is 5.91 Å². The van der Waals surface area contributed by atoms with E-state index in [4.69, 9.17) is 11.6 Å². The molecule has 0 radical (unpaired) electrons. The van der Waals surface area contributed by atoms with Crippen LogP contribution in [0, 0.1) is 0 Å². The molecule has 2 heterocycles. The molecule has 1 amide bonds. The Morgan fingerprint density at radius 2 is 2.31 bits per heavy atom. The van der Waals surface area contributed by atoms with Crippen LogP contribution in [0.2, 0.25) is 4.34 Å². The number of hydrogen-bond acceptors (Lipinski definition) is 2. The van der Waals surface area contributed by atoms with Gasteiger partial charge in [0, 0.05) is 13.1 Å². The summed E-state index contributed by atoms with van der Waals surface area (Å²) in [5.74, 6) is 0.0181. The van der Waals surface area contributed by atoms with Crippen LogP contribution >= 0.6 is 22.9 Å². The van der Waals surface area contributed by atoms with E-state index >= 15 is 0 Å². The molecule has 0 saturated heterocycles. The largest absolute Gasteiger partial charge is 0.348 e. The first-order valence-electron chi connectivity index (χ1n) is 5.21. The van der Waals surface area contributed by atoms with Crippen LogP contribution in [0.5, 0.6) is 0 Å². The molecular weight excluding hydrogens is 244 g/mol. The van der Waals surface area contributed by atoms with E-state index in [1.165, 1.54) is 11.3 Å². The molecule has 1 fully saturated rings. The number of amides is 1. The summed E-state index contributed by atoms with van der Waals surface area (Å²) in [5.41, 5.74) is 1.74. The zero-order chi connectivity index (χ0) is 11.3. The van der Waals surface area contributed by atoms with Crippen LogP contribution in [0.1, 0.15) is 23.3 Å². The Labute approximate surface area is 102 Å². The Balaban J connectivity index is 1.99. The first-order valence-corrected chi connectivity index (χ1v) is 6.40. The molecule has 3 rings (SSSR count). The molecule has 0 aliphatic heterocycles. The summed E-state index contributed by atoms with van der Waals surface area (Å²) in [6, 6.07) is 4.20. The van der Waals surface area contributed by atoms with Gasteiger partial charge in [0.15, 0.2) is 0 Å². The number of aromatic nitrogens is 1. The molecule has 1 aliphatic carbocycles. The lowest BCUT2D eigenvalue weighted by Crippen LogP contribution is -2.27. The standard InChI is InChI=1S/C11H11ClN2OS/c1-14-7-5-10(12)16-9(7)4-8(14)11(15)13-6-2-3-6/h4-6H,2-3H2,1H3,(H,13,15). The summed E-state index contributed by atoms with van der Waals surface area (Å²) >= 11 is 7.43. The second kappa shape index (κ2) is 3.50. The highest BCUT2D eigenvalue weighted by Gasteiger charge is 2.25. The van der Waals surface area contributed by atoms with Gasteiger partial charge in [0.2, 0.25) is 0 Å². The van der Waals surface area contributed by atoms with Crippen LogP contribution in [0.25, 0.3) is 10.2 Å².